The molecule has 1 aliphatic heterocycles. The van der Waals surface area contributed by atoms with Crippen LogP contribution in [-0.4, -0.2) is 17.0 Å². The largest absolute Gasteiger partial charge is 0.326 e. The van der Waals surface area contributed by atoms with Crippen LogP contribution in [0.4, 0.5) is 0 Å². The third-order valence-corrected chi connectivity index (χ3v) is 5.86. The van der Waals surface area contributed by atoms with Gasteiger partial charge in [0, 0.05) is 11.3 Å². The van der Waals surface area contributed by atoms with Crippen LogP contribution in [0.25, 0.3) is 0 Å². The van der Waals surface area contributed by atoms with E-state index in [1.165, 1.54) is 49.8 Å². The second-order valence-electron chi connectivity index (χ2n) is 5.73. The van der Waals surface area contributed by atoms with Gasteiger partial charge in [-0.3, -0.25) is 0 Å². The zero-order valence-corrected chi connectivity index (χ0v) is 11.8. The van der Waals surface area contributed by atoms with E-state index in [4.69, 9.17) is 5.73 Å². The Hall–Kier alpha value is -0.470. The molecule has 1 saturated heterocycles. The molecule has 0 bridgehead atoms. The smallest absolute Gasteiger partial charge is 0.0202 e. The van der Waals surface area contributed by atoms with Crippen LogP contribution in [-0.2, 0) is 19.3 Å². The Morgan fingerprint density at radius 3 is 2.89 bits per heavy atom. The molecule has 0 saturated carbocycles. The molecule has 2 unspecified atom stereocenters. The summed E-state index contributed by atoms with van der Waals surface area (Å²) >= 11 is 2.09. The Morgan fingerprint density at radius 2 is 2.06 bits per heavy atom. The average molecular weight is 261 g/mol. The molecule has 3 rings (SSSR count). The van der Waals surface area contributed by atoms with Gasteiger partial charge in [0.1, 0.15) is 0 Å². The lowest BCUT2D eigenvalue weighted by molar-refractivity contribution is 0.559. The fourth-order valence-electron chi connectivity index (χ4n) is 3.26. The molecular weight excluding hydrogens is 238 g/mol. The Morgan fingerprint density at radius 1 is 1.17 bits per heavy atom. The van der Waals surface area contributed by atoms with Crippen LogP contribution in [0, 0.1) is 0 Å². The summed E-state index contributed by atoms with van der Waals surface area (Å²) < 4.78 is 0. The lowest BCUT2D eigenvalue weighted by Gasteiger charge is -2.27. The number of fused-ring (bicyclic) bond motifs is 1. The number of hydrogen-bond acceptors (Lipinski definition) is 2. The predicted octanol–water partition coefficient (Wildman–Crippen LogP) is 3.33. The van der Waals surface area contributed by atoms with E-state index < -0.39 is 0 Å². The maximum atomic E-state index is 6.40. The molecule has 1 fully saturated rings. The van der Waals surface area contributed by atoms with E-state index in [0.29, 0.717) is 11.3 Å². The summed E-state index contributed by atoms with van der Waals surface area (Å²) in [7, 11) is 0. The van der Waals surface area contributed by atoms with Gasteiger partial charge in [-0.2, -0.15) is 11.8 Å². The average Bonchev–Trinajstić information content (AvgIpc) is 2.87. The van der Waals surface area contributed by atoms with E-state index in [2.05, 4.69) is 30.0 Å². The number of thioether (sulfide) groups is 1. The first-order valence-electron chi connectivity index (χ1n) is 7.31. The van der Waals surface area contributed by atoms with Crippen LogP contribution in [0.2, 0.25) is 0 Å². The van der Waals surface area contributed by atoms with Gasteiger partial charge in [0.05, 0.1) is 0 Å². The molecule has 0 spiro atoms. The molecule has 1 heterocycles. The summed E-state index contributed by atoms with van der Waals surface area (Å²) in [6.07, 6.45) is 9.02. The van der Waals surface area contributed by atoms with Gasteiger partial charge in [0.25, 0.3) is 0 Å². The van der Waals surface area contributed by atoms with E-state index in [1.54, 1.807) is 11.1 Å². The van der Waals surface area contributed by atoms with Crippen molar-refractivity contribution in [3.63, 3.8) is 0 Å². The molecule has 0 amide bonds. The molecule has 2 atom stereocenters. The standard InChI is InChI=1S/C16H23NS/c17-15(16-6-1-2-9-18-16)11-12-7-8-13-4-3-5-14(13)10-12/h7-8,10,15-16H,1-6,9,11,17H2. The molecule has 1 nitrogen and oxygen atoms in total. The van der Waals surface area contributed by atoms with E-state index >= 15 is 0 Å². The molecule has 2 N–H and O–H groups in total. The first-order valence-corrected chi connectivity index (χ1v) is 8.35. The third-order valence-electron chi connectivity index (χ3n) is 4.33. The topological polar surface area (TPSA) is 26.0 Å². The Bertz CT molecular complexity index is 410. The van der Waals surface area contributed by atoms with Crippen LogP contribution in [0.15, 0.2) is 18.2 Å². The van der Waals surface area contributed by atoms with Crippen molar-refractivity contribution >= 4 is 11.8 Å². The van der Waals surface area contributed by atoms with Gasteiger partial charge < -0.3 is 5.73 Å². The highest BCUT2D eigenvalue weighted by molar-refractivity contribution is 8.00. The highest BCUT2D eigenvalue weighted by Gasteiger charge is 2.21. The van der Waals surface area contributed by atoms with Crippen LogP contribution in [0.1, 0.15) is 42.4 Å². The van der Waals surface area contributed by atoms with Gasteiger partial charge in [-0.25, -0.2) is 0 Å². The highest BCUT2D eigenvalue weighted by atomic mass is 32.2. The van der Waals surface area contributed by atoms with Crippen LogP contribution in [0.3, 0.4) is 0 Å². The van der Waals surface area contributed by atoms with Gasteiger partial charge >= 0.3 is 0 Å². The molecule has 18 heavy (non-hydrogen) atoms. The van der Waals surface area contributed by atoms with Gasteiger partial charge in [0.2, 0.25) is 0 Å². The Labute approximate surface area is 115 Å². The minimum Gasteiger partial charge on any atom is -0.326 e. The highest BCUT2D eigenvalue weighted by Crippen LogP contribution is 2.29. The zero-order chi connectivity index (χ0) is 12.4. The molecule has 2 heteroatoms. The van der Waals surface area contributed by atoms with Gasteiger partial charge in [-0.15, -0.1) is 0 Å². The lowest BCUT2D eigenvalue weighted by Crippen LogP contribution is -2.36. The second kappa shape index (κ2) is 5.66. The van der Waals surface area contributed by atoms with Crippen molar-refractivity contribution < 1.29 is 0 Å². The van der Waals surface area contributed by atoms with Gasteiger partial charge in [0.15, 0.2) is 0 Å². The quantitative estimate of drug-likeness (QED) is 0.903. The van der Waals surface area contributed by atoms with Crippen molar-refractivity contribution in [2.45, 2.75) is 56.2 Å². The fourth-order valence-corrected chi connectivity index (χ4v) is 4.61. The van der Waals surface area contributed by atoms with Crippen molar-refractivity contribution in [1.29, 1.82) is 0 Å². The maximum absolute atomic E-state index is 6.40. The first-order chi connectivity index (χ1) is 8.83. The maximum Gasteiger partial charge on any atom is 0.0202 e. The number of nitrogens with two attached hydrogens (primary N) is 1. The summed E-state index contributed by atoms with van der Waals surface area (Å²) in [6.45, 7) is 0. The van der Waals surface area contributed by atoms with Crippen LogP contribution >= 0.6 is 11.8 Å². The van der Waals surface area contributed by atoms with E-state index in [-0.39, 0.29) is 0 Å². The number of benzene rings is 1. The Balaban J connectivity index is 1.64. The van der Waals surface area contributed by atoms with E-state index in [9.17, 15) is 0 Å². The molecule has 98 valence electrons. The number of rotatable bonds is 3. The SMILES string of the molecule is NC(Cc1ccc2c(c1)CCC2)C1CCCCS1. The van der Waals surface area contributed by atoms with E-state index in [1.807, 2.05) is 0 Å². The predicted molar refractivity (Wildman–Crippen MR) is 80.2 cm³/mol. The Kier molecular flexibility index (Phi) is 3.95. The van der Waals surface area contributed by atoms with Crippen LogP contribution in [0.5, 0.6) is 0 Å². The second-order valence-corrected chi connectivity index (χ2v) is 7.08. The summed E-state index contributed by atoms with van der Waals surface area (Å²) in [5.41, 5.74) is 11.0. The molecule has 1 aromatic carbocycles. The van der Waals surface area contributed by atoms with Crippen molar-refractivity contribution in [3.05, 3.63) is 34.9 Å². The van der Waals surface area contributed by atoms with Crippen molar-refractivity contribution in [2.75, 3.05) is 5.75 Å². The molecule has 1 aliphatic carbocycles. The number of hydrogen-bond donors (Lipinski definition) is 1. The van der Waals surface area contributed by atoms with Gasteiger partial charge in [-0.05, 0) is 61.0 Å². The minimum atomic E-state index is 0.342. The molecule has 0 radical (unpaired) electrons. The third kappa shape index (κ3) is 2.75. The van der Waals surface area contributed by atoms with Crippen LogP contribution < -0.4 is 5.73 Å². The summed E-state index contributed by atoms with van der Waals surface area (Å²) in [6, 6.07) is 7.39. The zero-order valence-electron chi connectivity index (χ0n) is 11.0. The van der Waals surface area contributed by atoms with E-state index in [0.717, 1.165) is 6.42 Å². The minimum absolute atomic E-state index is 0.342. The van der Waals surface area contributed by atoms with Crippen molar-refractivity contribution in [2.24, 2.45) is 5.73 Å². The normalized spacial score (nSPS) is 24.8. The summed E-state index contributed by atoms with van der Waals surface area (Å²) in [5.74, 6) is 1.31. The number of aryl methyl sites for hydroxylation is 2. The molecular formula is C16H23NS. The molecule has 0 aromatic heterocycles. The van der Waals surface area contributed by atoms with Crippen molar-refractivity contribution in [3.8, 4) is 0 Å². The molecule has 2 aliphatic rings. The first kappa shape index (κ1) is 12.6. The monoisotopic (exact) mass is 261 g/mol. The fraction of sp³-hybridized carbons (Fsp3) is 0.625. The van der Waals surface area contributed by atoms with Gasteiger partial charge in [-0.1, -0.05) is 24.6 Å². The molecule has 1 aromatic rings. The lowest BCUT2D eigenvalue weighted by atomic mass is 9.98. The summed E-state index contributed by atoms with van der Waals surface area (Å²) in [5, 5.41) is 0.687. The van der Waals surface area contributed by atoms with Crippen molar-refractivity contribution in [1.82, 2.24) is 0 Å². The summed E-state index contributed by atoms with van der Waals surface area (Å²) in [4.78, 5) is 0.